The van der Waals surface area contributed by atoms with Gasteiger partial charge in [-0.25, -0.2) is 4.79 Å². The number of urea groups is 1. The predicted molar refractivity (Wildman–Crippen MR) is 63.2 cm³/mol. The third-order valence-electron chi connectivity index (χ3n) is 2.79. The lowest BCUT2D eigenvalue weighted by molar-refractivity contribution is -0.122. The van der Waals surface area contributed by atoms with Crippen molar-refractivity contribution in [3.8, 4) is 0 Å². The number of hydrogen-bond acceptors (Lipinski definition) is 3. The number of primary amides is 2. The zero-order chi connectivity index (χ0) is 12.4. The number of carbonyl (C=O) groups is 2. The molecular formula is C11H14N4O2. The van der Waals surface area contributed by atoms with E-state index < -0.39 is 18.0 Å². The molecule has 0 aliphatic carbocycles. The summed E-state index contributed by atoms with van der Waals surface area (Å²) in [5, 5.41) is 3.14. The van der Waals surface area contributed by atoms with Gasteiger partial charge in [0, 0.05) is 24.3 Å². The SMILES string of the molecule is NC(=O)C1c2ccccc2NCCN1C(N)=O. The second kappa shape index (κ2) is 4.32. The Hall–Kier alpha value is -2.24. The first-order valence-electron chi connectivity index (χ1n) is 5.29. The van der Waals surface area contributed by atoms with Crippen LogP contribution in [-0.4, -0.2) is 29.9 Å². The molecule has 1 unspecified atom stereocenters. The Balaban J connectivity index is 2.50. The maximum absolute atomic E-state index is 11.5. The first kappa shape index (κ1) is 11.3. The van der Waals surface area contributed by atoms with Crippen LogP contribution in [0.3, 0.4) is 0 Å². The lowest BCUT2D eigenvalue weighted by Crippen LogP contribution is -2.45. The molecule has 1 aliphatic rings. The van der Waals surface area contributed by atoms with E-state index in [2.05, 4.69) is 5.32 Å². The average Bonchev–Trinajstić information content (AvgIpc) is 2.47. The minimum Gasteiger partial charge on any atom is -0.383 e. The Morgan fingerprint density at radius 1 is 1.29 bits per heavy atom. The molecule has 0 spiro atoms. The number of fused-ring (bicyclic) bond motifs is 1. The second-order valence-electron chi connectivity index (χ2n) is 3.85. The molecule has 0 radical (unpaired) electrons. The van der Waals surface area contributed by atoms with E-state index in [1.165, 1.54) is 4.90 Å². The van der Waals surface area contributed by atoms with Crippen molar-refractivity contribution in [3.63, 3.8) is 0 Å². The molecule has 6 nitrogen and oxygen atoms in total. The lowest BCUT2D eigenvalue weighted by Gasteiger charge is -2.26. The lowest BCUT2D eigenvalue weighted by atomic mass is 10.0. The van der Waals surface area contributed by atoms with Crippen LogP contribution in [0.5, 0.6) is 0 Å². The van der Waals surface area contributed by atoms with Crippen molar-refractivity contribution < 1.29 is 9.59 Å². The summed E-state index contributed by atoms with van der Waals surface area (Å²) in [5.74, 6) is -0.583. The van der Waals surface area contributed by atoms with E-state index in [1.54, 1.807) is 12.1 Å². The largest absolute Gasteiger partial charge is 0.383 e. The van der Waals surface area contributed by atoms with Crippen molar-refractivity contribution in [2.45, 2.75) is 6.04 Å². The first-order valence-corrected chi connectivity index (χ1v) is 5.29. The zero-order valence-electron chi connectivity index (χ0n) is 9.22. The van der Waals surface area contributed by atoms with Crippen LogP contribution in [0, 0.1) is 0 Å². The molecule has 5 N–H and O–H groups in total. The number of hydrogen-bond donors (Lipinski definition) is 3. The topological polar surface area (TPSA) is 101 Å². The van der Waals surface area contributed by atoms with E-state index in [9.17, 15) is 9.59 Å². The molecular weight excluding hydrogens is 220 g/mol. The fourth-order valence-corrected chi connectivity index (χ4v) is 2.05. The van der Waals surface area contributed by atoms with Crippen LogP contribution in [0.2, 0.25) is 0 Å². The van der Waals surface area contributed by atoms with Crippen LogP contribution >= 0.6 is 0 Å². The van der Waals surface area contributed by atoms with Gasteiger partial charge in [-0.3, -0.25) is 4.79 Å². The van der Waals surface area contributed by atoms with Crippen LogP contribution in [-0.2, 0) is 4.79 Å². The van der Waals surface area contributed by atoms with Gasteiger partial charge < -0.3 is 21.7 Å². The molecule has 6 heteroatoms. The molecule has 1 aromatic carbocycles. The Morgan fingerprint density at radius 3 is 2.65 bits per heavy atom. The van der Waals surface area contributed by atoms with Crippen molar-refractivity contribution >= 4 is 17.6 Å². The normalized spacial score (nSPS) is 18.8. The second-order valence-corrected chi connectivity index (χ2v) is 3.85. The summed E-state index contributed by atoms with van der Waals surface area (Å²) in [6.45, 7) is 0.876. The summed E-state index contributed by atoms with van der Waals surface area (Å²) < 4.78 is 0. The van der Waals surface area contributed by atoms with E-state index >= 15 is 0 Å². The van der Waals surface area contributed by atoms with Gasteiger partial charge in [-0.15, -0.1) is 0 Å². The summed E-state index contributed by atoms with van der Waals surface area (Å²) in [6.07, 6.45) is 0. The molecule has 17 heavy (non-hydrogen) atoms. The highest BCUT2D eigenvalue weighted by molar-refractivity contribution is 5.88. The smallest absolute Gasteiger partial charge is 0.315 e. The molecule has 1 aliphatic heterocycles. The summed E-state index contributed by atoms with van der Waals surface area (Å²) in [4.78, 5) is 24.2. The van der Waals surface area contributed by atoms with E-state index in [4.69, 9.17) is 11.5 Å². The van der Waals surface area contributed by atoms with E-state index in [0.717, 1.165) is 5.69 Å². The summed E-state index contributed by atoms with van der Waals surface area (Å²) in [7, 11) is 0. The van der Waals surface area contributed by atoms with Crippen molar-refractivity contribution in [2.75, 3.05) is 18.4 Å². The minimum atomic E-state index is -0.807. The van der Waals surface area contributed by atoms with E-state index in [0.29, 0.717) is 18.7 Å². The van der Waals surface area contributed by atoms with Gasteiger partial charge in [0.1, 0.15) is 6.04 Å². The van der Waals surface area contributed by atoms with Crippen LogP contribution in [0.25, 0.3) is 0 Å². The highest BCUT2D eigenvalue weighted by atomic mass is 16.2. The summed E-state index contributed by atoms with van der Waals surface area (Å²) in [6, 6.07) is 5.80. The number of anilines is 1. The molecule has 1 heterocycles. The number of carbonyl (C=O) groups excluding carboxylic acids is 2. The number of rotatable bonds is 1. The standard InChI is InChI=1S/C11H14N4O2/c12-10(16)9-7-3-1-2-4-8(7)14-5-6-15(9)11(13)17/h1-4,9,14H,5-6H2,(H2,12,16)(H2,13,17). The van der Waals surface area contributed by atoms with Gasteiger partial charge in [-0.2, -0.15) is 0 Å². The van der Waals surface area contributed by atoms with Gasteiger partial charge in [0.15, 0.2) is 0 Å². The third kappa shape index (κ3) is 2.01. The number of para-hydroxylation sites is 1. The molecule has 0 saturated carbocycles. The third-order valence-corrected chi connectivity index (χ3v) is 2.79. The number of amides is 3. The quantitative estimate of drug-likeness (QED) is 0.638. The van der Waals surface area contributed by atoms with Crippen LogP contribution < -0.4 is 16.8 Å². The average molecular weight is 234 g/mol. The van der Waals surface area contributed by atoms with Gasteiger partial charge in [0.05, 0.1) is 0 Å². The number of nitrogens with two attached hydrogens (primary N) is 2. The summed E-state index contributed by atoms with van der Waals surface area (Å²) >= 11 is 0. The fourth-order valence-electron chi connectivity index (χ4n) is 2.05. The van der Waals surface area contributed by atoms with Gasteiger partial charge in [-0.05, 0) is 6.07 Å². The Bertz CT molecular complexity index is 461. The van der Waals surface area contributed by atoms with Gasteiger partial charge in [-0.1, -0.05) is 18.2 Å². The van der Waals surface area contributed by atoms with Gasteiger partial charge in [0.25, 0.3) is 0 Å². The van der Waals surface area contributed by atoms with Crippen LogP contribution in [0.15, 0.2) is 24.3 Å². The predicted octanol–water partition coefficient (Wildman–Crippen LogP) is 0.0192. The zero-order valence-corrected chi connectivity index (χ0v) is 9.22. The molecule has 0 fully saturated rings. The molecule has 3 amide bonds. The Labute approximate surface area is 98.6 Å². The van der Waals surface area contributed by atoms with Crippen LogP contribution in [0.1, 0.15) is 11.6 Å². The molecule has 1 aromatic rings. The minimum absolute atomic E-state index is 0.345. The Kier molecular flexibility index (Phi) is 2.86. The van der Waals surface area contributed by atoms with Gasteiger partial charge in [0.2, 0.25) is 5.91 Å². The maximum atomic E-state index is 11.5. The molecule has 2 rings (SSSR count). The molecule has 90 valence electrons. The van der Waals surface area contributed by atoms with Crippen molar-refractivity contribution in [1.29, 1.82) is 0 Å². The highest BCUT2D eigenvalue weighted by Crippen LogP contribution is 2.29. The molecule has 0 aromatic heterocycles. The Morgan fingerprint density at radius 2 is 2.00 bits per heavy atom. The number of benzene rings is 1. The molecule has 0 saturated heterocycles. The van der Waals surface area contributed by atoms with Gasteiger partial charge >= 0.3 is 6.03 Å². The first-order chi connectivity index (χ1) is 8.11. The maximum Gasteiger partial charge on any atom is 0.315 e. The fraction of sp³-hybridized carbons (Fsp3) is 0.273. The molecule has 1 atom stereocenters. The summed E-state index contributed by atoms with van der Waals surface area (Å²) in [5.41, 5.74) is 12.1. The van der Waals surface area contributed by atoms with Crippen molar-refractivity contribution in [3.05, 3.63) is 29.8 Å². The number of nitrogens with one attached hydrogen (secondary N) is 1. The monoisotopic (exact) mass is 234 g/mol. The van der Waals surface area contributed by atoms with E-state index in [1.807, 2.05) is 12.1 Å². The highest BCUT2D eigenvalue weighted by Gasteiger charge is 2.31. The number of nitrogens with zero attached hydrogens (tertiary/aromatic N) is 1. The molecule has 0 bridgehead atoms. The van der Waals surface area contributed by atoms with E-state index in [-0.39, 0.29) is 0 Å². The van der Waals surface area contributed by atoms with Crippen molar-refractivity contribution in [2.24, 2.45) is 11.5 Å². The van der Waals surface area contributed by atoms with Crippen LogP contribution in [0.4, 0.5) is 10.5 Å². The van der Waals surface area contributed by atoms with Crippen molar-refractivity contribution in [1.82, 2.24) is 4.90 Å².